The van der Waals surface area contributed by atoms with Crippen molar-refractivity contribution in [1.82, 2.24) is 0 Å². The van der Waals surface area contributed by atoms with Gasteiger partial charge < -0.3 is 0 Å². The van der Waals surface area contributed by atoms with Gasteiger partial charge >= 0.3 is 0 Å². The zero-order chi connectivity index (χ0) is 9.84. The van der Waals surface area contributed by atoms with Crippen LogP contribution in [0.25, 0.3) is 0 Å². The van der Waals surface area contributed by atoms with Gasteiger partial charge in [-0.25, -0.2) is 0 Å². The van der Waals surface area contributed by atoms with Crippen LogP contribution >= 0.6 is 0 Å². The lowest BCUT2D eigenvalue weighted by molar-refractivity contribution is 0.535. The van der Waals surface area contributed by atoms with Gasteiger partial charge in [0, 0.05) is 0 Å². The maximum absolute atomic E-state index is 2.30. The summed E-state index contributed by atoms with van der Waals surface area (Å²) in [7, 11) is 0. The quantitative estimate of drug-likeness (QED) is 0.652. The first-order valence-electron chi connectivity index (χ1n) is 5.24. The lowest BCUT2D eigenvalue weighted by Gasteiger charge is -2.15. The van der Waals surface area contributed by atoms with E-state index < -0.39 is 0 Å². The van der Waals surface area contributed by atoms with Crippen LogP contribution in [0.3, 0.4) is 0 Å². The van der Waals surface area contributed by atoms with Crippen LogP contribution in [0.1, 0.15) is 44.7 Å². The average Bonchev–Trinajstić information content (AvgIpc) is 2.17. The van der Waals surface area contributed by atoms with E-state index >= 15 is 0 Å². The highest BCUT2D eigenvalue weighted by Gasteiger charge is 2.08. The summed E-state index contributed by atoms with van der Waals surface area (Å²) in [6.45, 7) is 9.04. The molecule has 0 aliphatic carbocycles. The summed E-state index contributed by atoms with van der Waals surface area (Å²) in [5, 5.41) is 0. The van der Waals surface area contributed by atoms with Gasteiger partial charge in [-0.1, -0.05) is 52.0 Å². The number of hydrogen-bond acceptors (Lipinski definition) is 0. The molecule has 1 unspecified atom stereocenters. The Balaban J connectivity index is 2.79. The molecule has 1 atom stereocenters. The highest BCUT2D eigenvalue weighted by atomic mass is 14.1. The monoisotopic (exact) mass is 176 g/mol. The number of rotatable bonds is 3. The van der Waals surface area contributed by atoms with E-state index in [1.807, 2.05) is 0 Å². The van der Waals surface area contributed by atoms with Crippen molar-refractivity contribution in [1.29, 1.82) is 0 Å². The SMILES string of the molecule is CCc1ccc(C(C)C(C)C)cc1. The molecular weight excluding hydrogens is 156 g/mol. The fourth-order valence-electron chi connectivity index (χ4n) is 1.44. The van der Waals surface area contributed by atoms with Crippen LogP contribution in [0.4, 0.5) is 0 Å². The second-order valence-electron chi connectivity index (χ2n) is 4.13. The Bertz CT molecular complexity index is 243. The molecule has 0 fully saturated rings. The Labute approximate surface area is 82.0 Å². The second-order valence-corrected chi connectivity index (χ2v) is 4.13. The summed E-state index contributed by atoms with van der Waals surface area (Å²) < 4.78 is 0. The minimum atomic E-state index is 0.672. The molecule has 1 rings (SSSR count). The zero-order valence-corrected chi connectivity index (χ0v) is 9.17. The van der Waals surface area contributed by atoms with E-state index in [0.29, 0.717) is 5.92 Å². The van der Waals surface area contributed by atoms with Gasteiger partial charge in [-0.15, -0.1) is 0 Å². The van der Waals surface area contributed by atoms with Crippen LogP contribution in [0.5, 0.6) is 0 Å². The summed E-state index contributed by atoms with van der Waals surface area (Å²) in [5.74, 6) is 1.40. The molecule has 0 spiro atoms. The average molecular weight is 176 g/mol. The Morgan fingerprint density at radius 2 is 1.54 bits per heavy atom. The molecular formula is C13H20. The van der Waals surface area contributed by atoms with Crippen LogP contribution in [0.2, 0.25) is 0 Å². The van der Waals surface area contributed by atoms with Gasteiger partial charge in [0.05, 0.1) is 0 Å². The highest BCUT2D eigenvalue weighted by molar-refractivity contribution is 5.25. The summed E-state index contributed by atoms with van der Waals surface area (Å²) in [4.78, 5) is 0. The molecule has 0 aromatic heterocycles. The summed E-state index contributed by atoms with van der Waals surface area (Å²) in [6, 6.07) is 9.02. The van der Waals surface area contributed by atoms with E-state index in [9.17, 15) is 0 Å². The van der Waals surface area contributed by atoms with Crippen molar-refractivity contribution >= 4 is 0 Å². The standard InChI is InChI=1S/C13H20/c1-5-12-6-8-13(9-7-12)11(4)10(2)3/h6-11H,5H2,1-4H3. The minimum Gasteiger partial charge on any atom is -0.0622 e. The molecule has 0 aliphatic heterocycles. The lowest BCUT2D eigenvalue weighted by atomic mass is 9.90. The lowest BCUT2D eigenvalue weighted by Crippen LogP contribution is -2.01. The van der Waals surface area contributed by atoms with Gasteiger partial charge in [0.25, 0.3) is 0 Å². The molecule has 13 heavy (non-hydrogen) atoms. The highest BCUT2D eigenvalue weighted by Crippen LogP contribution is 2.23. The van der Waals surface area contributed by atoms with Gasteiger partial charge in [0.2, 0.25) is 0 Å². The third-order valence-corrected chi connectivity index (χ3v) is 2.91. The Morgan fingerprint density at radius 1 is 1.00 bits per heavy atom. The first-order valence-corrected chi connectivity index (χ1v) is 5.24. The van der Waals surface area contributed by atoms with Crippen molar-refractivity contribution < 1.29 is 0 Å². The van der Waals surface area contributed by atoms with E-state index in [1.54, 1.807) is 0 Å². The van der Waals surface area contributed by atoms with E-state index in [0.717, 1.165) is 12.3 Å². The molecule has 72 valence electrons. The largest absolute Gasteiger partial charge is 0.0622 e. The Kier molecular flexibility index (Phi) is 3.53. The molecule has 0 amide bonds. The van der Waals surface area contributed by atoms with Crippen LogP contribution in [-0.2, 0) is 6.42 Å². The normalized spacial score (nSPS) is 13.3. The number of aryl methyl sites for hydroxylation is 1. The smallest absolute Gasteiger partial charge is 0.0167 e. The van der Waals surface area contributed by atoms with E-state index in [1.165, 1.54) is 11.1 Å². The molecule has 0 heteroatoms. The third-order valence-electron chi connectivity index (χ3n) is 2.91. The molecule has 0 radical (unpaired) electrons. The van der Waals surface area contributed by atoms with Crippen molar-refractivity contribution in [2.45, 2.75) is 40.0 Å². The summed E-state index contributed by atoms with van der Waals surface area (Å²) in [5.41, 5.74) is 2.90. The molecule has 0 aliphatic rings. The van der Waals surface area contributed by atoms with E-state index in [-0.39, 0.29) is 0 Å². The van der Waals surface area contributed by atoms with Gasteiger partial charge in [0.15, 0.2) is 0 Å². The molecule has 0 nitrogen and oxygen atoms in total. The van der Waals surface area contributed by atoms with Crippen molar-refractivity contribution in [2.75, 3.05) is 0 Å². The molecule has 0 N–H and O–H groups in total. The zero-order valence-electron chi connectivity index (χ0n) is 9.17. The summed E-state index contributed by atoms with van der Waals surface area (Å²) in [6.07, 6.45) is 1.14. The van der Waals surface area contributed by atoms with Crippen LogP contribution in [0.15, 0.2) is 24.3 Å². The Morgan fingerprint density at radius 3 is 1.92 bits per heavy atom. The molecule has 1 aromatic carbocycles. The molecule has 0 saturated carbocycles. The van der Waals surface area contributed by atoms with Crippen molar-refractivity contribution in [3.63, 3.8) is 0 Å². The predicted molar refractivity (Wildman–Crippen MR) is 59.1 cm³/mol. The maximum atomic E-state index is 2.30. The maximum Gasteiger partial charge on any atom is -0.0167 e. The van der Waals surface area contributed by atoms with Gasteiger partial charge in [0.1, 0.15) is 0 Å². The Hall–Kier alpha value is -0.780. The van der Waals surface area contributed by atoms with Gasteiger partial charge in [-0.05, 0) is 29.4 Å². The van der Waals surface area contributed by atoms with Crippen molar-refractivity contribution in [3.8, 4) is 0 Å². The topological polar surface area (TPSA) is 0 Å². The fourth-order valence-corrected chi connectivity index (χ4v) is 1.44. The minimum absolute atomic E-state index is 0.672. The van der Waals surface area contributed by atoms with Gasteiger partial charge in [-0.2, -0.15) is 0 Å². The van der Waals surface area contributed by atoms with Crippen LogP contribution < -0.4 is 0 Å². The second kappa shape index (κ2) is 4.45. The predicted octanol–water partition coefficient (Wildman–Crippen LogP) is 4.01. The molecule has 0 heterocycles. The molecule has 1 aromatic rings. The van der Waals surface area contributed by atoms with E-state index in [4.69, 9.17) is 0 Å². The fraction of sp³-hybridized carbons (Fsp3) is 0.538. The van der Waals surface area contributed by atoms with Gasteiger partial charge in [-0.3, -0.25) is 0 Å². The molecule has 0 saturated heterocycles. The molecule has 0 bridgehead atoms. The number of hydrogen-bond donors (Lipinski definition) is 0. The van der Waals surface area contributed by atoms with Crippen molar-refractivity contribution in [3.05, 3.63) is 35.4 Å². The number of benzene rings is 1. The van der Waals surface area contributed by atoms with Crippen LogP contribution in [0, 0.1) is 5.92 Å². The first-order chi connectivity index (χ1) is 6.15. The third kappa shape index (κ3) is 2.58. The van der Waals surface area contributed by atoms with Crippen LogP contribution in [-0.4, -0.2) is 0 Å². The summed E-state index contributed by atoms with van der Waals surface area (Å²) >= 11 is 0. The first kappa shape index (κ1) is 10.3. The van der Waals surface area contributed by atoms with Crippen molar-refractivity contribution in [2.24, 2.45) is 5.92 Å². The van der Waals surface area contributed by atoms with E-state index in [2.05, 4.69) is 52.0 Å².